The third kappa shape index (κ3) is 2.87. The van der Waals surface area contributed by atoms with Crippen LogP contribution in [0.25, 0.3) is 0 Å². The van der Waals surface area contributed by atoms with Crippen molar-refractivity contribution in [1.82, 2.24) is 0 Å². The van der Waals surface area contributed by atoms with Gasteiger partial charge in [0.05, 0.1) is 11.3 Å². The number of nitrogens with one attached hydrogen (secondary N) is 1. The Balaban J connectivity index is 1.69. The van der Waals surface area contributed by atoms with E-state index in [4.69, 9.17) is 14.2 Å². The Hall–Kier alpha value is -2.83. The molecule has 142 valence electrons. The van der Waals surface area contributed by atoms with Crippen molar-refractivity contribution < 1.29 is 28.6 Å². The van der Waals surface area contributed by atoms with Gasteiger partial charge in [-0.05, 0) is 45.6 Å². The third-order valence-corrected chi connectivity index (χ3v) is 5.45. The Morgan fingerprint density at radius 1 is 1.07 bits per heavy atom. The number of benzene rings is 1. The number of ether oxygens (including phenoxy) is 3. The topological polar surface area (TPSA) is 90.9 Å². The van der Waals surface area contributed by atoms with E-state index in [1.807, 2.05) is 0 Å². The van der Waals surface area contributed by atoms with Gasteiger partial charge in [0.2, 0.25) is 6.79 Å². The molecule has 1 fully saturated rings. The molecule has 0 bridgehead atoms. The number of rotatable bonds is 3. The smallest absolute Gasteiger partial charge is 0.335 e. The molecule has 0 atom stereocenters. The van der Waals surface area contributed by atoms with Crippen molar-refractivity contribution in [3.8, 4) is 11.5 Å². The molecule has 0 aromatic heterocycles. The lowest BCUT2D eigenvalue weighted by atomic mass is 9.78. The molecular formula is C20H21NO6. The number of carbonyl (C=O) groups is 3. The molecule has 2 heterocycles. The first kappa shape index (κ1) is 17.6. The van der Waals surface area contributed by atoms with Crippen LogP contribution in [0.3, 0.4) is 0 Å². The predicted octanol–water partition coefficient (Wildman–Crippen LogP) is 3.13. The van der Waals surface area contributed by atoms with E-state index in [0.717, 1.165) is 19.3 Å². The number of fused-ring (bicyclic) bond motifs is 1. The Labute approximate surface area is 156 Å². The van der Waals surface area contributed by atoms with E-state index in [2.05, 4.69) is 5.32 Å². The van der Waals surface area contributed by atoms with Gasteiger partial charge in [0, 0.05) is 17.2 Å². The lowest BCUT2D eigenvalue weighted by molar-refractivity contribution is -0.149. The molecule has 1 amide bonds. The summed E-state index contributed by atoms with van der Waals surface area (Å²) in [6, 6.07) is 3.15. The Bertz CT molecular complexity index is 879. The minimum absolute atomic E-state index is 0.0692. The highest BCUT2D eigenvalue weighted by molar-refractivity contribution is 6.14. The number of esters is 1. The zero-order valence-corrected chi connectivity index (χ0v) is 15.3. The maximum atomic E-state index is 13.1. The zero-order chi connectivity index (χ0) is 19.2. The number of amides is 1. The first-order valence-electron chi connectivity index (χ1n) is 9.12. The largest absolute Gasteiger partial charge is 0.454 e. The second-order valence-corrected chi connectivity index (χ2v) is 7.21. The van der Waals surface area contributed by atoms with Crippen molar-refractivity contribution in [3.63, 3.8) is 0 Å². The van der Waals surface area contributed by atoms with Crippen LogP contribution in [0.1, 0.15) is 56.3 Å². The quantitative estimate of drug-likeness (QED) is 0.648. The summed E-state index contributed by atoms with van der Waals surface area (Å²) in [5, 5.41) is 2.80. The molecule has 7 heteroatoms. The number of anilines is 1. The number of ketones is 1. The molecule has 27 heavy (non-hydrogen) atoms. The molecule has 7 nitrogen and oxygen atoms in total. The molecule has 4 rings (SSSR count). The molecule has 1 spiro atoms. The first-order chi connectivity index (χ1) is 12.9. The number of hydrogen-bond acceptors (Lipinski definition) is 6. The van der Waals surface area contributed by atoms with Crippen molar-refractivity contribution in [2.75, 3.05) is 12.1 Å². The van der Waals surface area contributed by atoms with Crippen LogP contribution >= 0.6 is 0 Å². The standard InChI is InChI=1S/C20H21NO6/c1-11-17(20(27-19(11)24)6-4-3-5-7-20)18(23)21-14-9-16-15(25-10-26-16)8-13(14)12(2)22/h8-9H,3-7,10H2,1-2H3,(H,21,23). The van der Waals surface area contributed by atoms with Crippen LogP contribution < -0.4 is 14.8 Å². The van der Waals surface area contributed by atoms with E-state index in [0.29, 0.717) is 46.7 Å². The van der Waals surface area contributed by atoms with Gasteiger partial charge in [-0.2, -0.15) is 0 Å². The summed E-state index contributed by atoms with van der Waals surface area (Å²) < 4.78 is 16.3. The van der Waals surface area contributed by atoms with Gasteiger partial charge in [0.1, 0.15) is 5.60 Å². The van der Waals surface area contributed by atoms with Crippen molar-refractivity contribution in [3.05, 3.63) is 28.8 Å². The summed E-state index contributed by atoms with van der Waals surface area (Å²) in [5.74, 6) is -0.134. The van der Waals surface area contributed by atoms with Crippen LogP contribution in [0.2, 0.25) is 0 Å². The summed E-state index contributed by atoms with van der Waals surface area (Å²) in [4.78, 5) is 37.4. The van der Waals surface area contributed by atoms with Crippen LogP contribution in [0.15, 0.2) is 23.3 Å². The molecule has 1 aromatic carbocycles. The molecule has 0 saturated heterocycles. The summed E-state index contributed by atoms with van der Waals surface area (Å²) >= 11 is 0. The molecule has 2 aliphatic heterocycles. The van der Waals surface area contributed by atoms with E-state index in [1.54, 1.807) is 19.1 Å². The monoisotopic (exact) mass is 371 g/mol. The van der Waals surface area contributed by atoms with Crippen molar-refractivity contribution in [1.29, 1.82) is 0 Å². The molecular weight excluding hydrogens is 350 g/mol. The van der Waals surface area contributed by atoms with Crippen LogP contribution in [0.5, 0.6) is 11.5 Å². The van der Waals surface area contributed by atoms with E-state index in [9.17, 15) is 14.4 Å². The fourth-order valence-electron chi connectivity index (χ4n) is 4.12. The van der Waals surface area contributed by atoms with E-state index >= 15 is 0 Å². The van der Waals surface area contributed by atoms with Gasteiger partial charge in [0.15, 0.2) is 17.3 Å². The van der Waals surface area contributed by atoms with Crippen molar-refractivity contribution in [2.45, 2.75) is 51.6 Å². The normalized spacial score (nSPS) is 20.0. The second-order valence-electron chi connectivity index (χ2n) is 7.21. The van der Waals surface area contributed by atoms with Gasteiger partial charge in [-0.1, -0.05) is 6.42 Å². The van der Waals surface area contributed by atoms with Gasteiger partial charge in [0.25, 0.3) is 5.91 Å². The van der Waals surface area contributed by atoms with Gasteiger partial charge < -0.3 is 19.5 Å². The number of Topliss-reactive ketones (excluding diaryl/α,β-unsaturated/α-hetero) is 1. The molecule has 0 unspecified atom stereocenters. The zero-order valence-electron chi connectivity index (χ0n) is 15.3. The molecule has 3 aliphatic rings. The highest BCUT2D eigenvalue weighted by Crippen LogP contribution is 2.44. The van der Waals surface area contributed by atoms with Gasteiger partial charge in [-0.3, -0.25) is 9.59 Å². The average Bonchev–Trinajstić information content (AvgIpc) is 3.17. The van der Waals surface area contributed by atoms with E-state index in [-0.39, 0.29) is 12.6 Å². The van der Waals surface area contributed by atoms with Gasteiger partial charge in [-0.25, -0.2) is 4.79 Å². The Kier molecular flexibility index (Phi) is 4.17. The highest BCUT2D eigenvalue weighted by Gasteiger charge is 2.49. The van der Waals surface area contributed by atoms with Gasteiger partial charge in [-0.15, -0.1) is 0 Å². The summed E-state index contributed by atoms with van der Waals surface area (Å²) in [6.45, 7) is 3.11. The van der Waals surface area contributed by atoms with E-state index < -0.39 is 17.5 Å². The fourth-order valence-corrected chi connectivity index (χ4v) is 4.12. The highest BCUT2D eigenvalue weighted by atomic mass is 16.7. The maximum absolute atomic E-state index is 13.1. The van der Waals surface area contributed by atoms with Crippen LogP contribution in [0.4, 0.5) is 5.69 Å². The summed E-state index contributed by atoms with van der Waals surface area (Å²) in [5.41, 5.74) is 0.519. The minimum atomic E-state index is -0.851. The molecule has 0 radical (unpaired) electrons. The molecule has 1 N–H and O–H groups in total. The van der Waals surface area contributed by atoms with Crippen LogP contribution in [-0.4, -0.2) is 30.1 Å². The predicted molar refractivity (Wildman–Crippen MR) is 95.8 cm³/mol. The maximum Gasteiger partial charge on any atom is 0.335 e. The Morgan fingerprint density at radius 2 is 1.74 bits per heavy atom. The van der Waals surface area contributed by atoms with Crippen LogP contribution in [0, 0.1) is 0 Å². The molecule has 1 saturated carbocycles. The van der Waals surface area contributed by atoms with Crippen molar-refractivity contribution >= 4 is 23.3 Å². The molecule has 1 aromatic rings. The van der Waals surface area contributed by atoms with Crippen LogP contribution in [-0.2, 0) is 14.3 Å². The molecule has 1 aliphatic carbocycles. The summed E-state index contributed by atoms with van der Waals surface area (Å²) in [6.07, 6.45) is 4.14. The number of carbonyl (C=O) groups excluding carboxylic acids is 3. The Morgan fingerprint density at radius 3 is 2.41 bits per heavy atom. The summed E-state index contributed by atoms with van der Waals surface area (Å²) in [7, 11) is 0. The fraction of sp³-hybridized carbons (Fsp3) is 0.450. The lowest BCUT2D eigenvalue weighted by Gasteiger charge is -2.34. The second kappa shape index (κ2) is 6.40. The SMILES string of the molecule is CC(=O)c1cc2c(cc1NC(=O)C1=C(C)C(=O)OC13CCCCC3)OCO2. The van der Waals surface area contributed by atoms with Crippen molar-refractivity contribution in [2.24, 2.45) is 0 Å². The first-order valence-corrected chi connectivity index (χ1v) is 9.12. The lowest BCUT2D eigenvalue weighted by Crippen LogP contribution is -2.39. The van der Waals surface area contributed by atoms with Gasteiger partial charge >= 0.3 is 5.97 Å². The average molecular weight is 371 g/mol. The third-order valence-electron chi connectivity index (χ3n) is 5.45. The minimum Gasteiger partial charge on any atom is -0.454 e. The number of hydrogen-bond donors (Lipinski definition) is 1. The van der Waals surface area contributed by atoms with E-state index in [1.165, 1.54) is 6.92 Å².